The molecule has 0 bridgehead atoms. The maximum atomic E-state index is 11.6. The Kier molecular flexibility index (Phi) is 6.00. The maximum absolute atomic E-state index is 11.6. The van der Waals surface area contributed by atoms with E-state index in [1.807, 2.05) is 6.92 Å². The number of methoxy groups -OCH3 is 1. The number of carbonyl (C=O) groups is 1. The molecule has 0 spiro atoms. The van der Waals surface area contributed by atoms with Crippen molar-refractivity contribution >= 4 is 17.3 Å². The molecule has 0 saturated heterocycles. The zero-order chi connectivity index (χ0) is 13.4. The first-order valence-corrected chi connectivity index (χ1v) is 5.98. The molecular formula is C13H20N2O3. The van der Waals surface area contributed by atoms with Gasteiger partial charge >= 0.3 is 0 Å². The second-order valence-electron chi connectivity index (χ2n) is 3.80. The summed E-state index contributed by atoms with van der Waals surface area (Å²) >= 11 is 0. The van der Waals surface area contributed by atoms with Gasteiger partial charge in [-0.15, -0.1) is 0 Å². The summed E-state index contributed by atoms with van der Waals surface area (Å²) < 4.78 is 10.2. The van der Waals surface area contributed by atoms with E-state index in [-0.39, 0.29) is 5.91 Å². The number of nitrogens with two attached hydrogens (primary N) is 1. The minimum Gasteiger partial charge on any atom is -0.497 e. The number of carbonyl (C=O) groups excluding carboxylic acids is 1. The summed E-state index contributed by atoms with van der Waals surface area (Å²) in [5, 5.41) is 2.76. The summed E-state index contributed by atoms with van der Waals surface area (Å²) in [5.41, 5.74) is 6.90. The van der Waals surface area contributed by atoms with Crippen molar-refractivity contribution in [2.45, 2.75) is 19.8 Å². The first-order chi connectivity index (χ1) is 8.67. The van der Waals surface area contributed by atoms with Gasteiger partial charge in [0.1, 0.15) is 5.75 Å². The number of amides is 1. The average Bonchev–Trinajstić information content (AvgIpc) is 2.37. The molecule has 0 unspecified atom stereocenters. The highest BCUT2D eigenvalue weighted by atomic mass is 16.5. The molecule has 1 rings (SSSR count). The van der Waals surface area contributed by atoms with Gasteiger partial charge in [-0.2, -0.15) is 0 Å². The van der Waals surface area contributed by atoms with Crippen molar-refractivity contribution in [1.29, 1.82) is 0 Å². The quantitative estimate of drug-likeness (QED) is 0.575. The monoisotopic (exact) mass is 252 g/mol. The highest BCUT2D eigenvalue weighted by Gasteiger charge is 2.06. The predicted octanol–water partition coefficient (Wildman–Crippen LogP) is 2.03. The van der Waals surface area contributed by atoms with Crippen molar-refractivity contribution < 1.29 is 14.3 Å². The molecule has 0 aliphatic rings. The molecule has 1 amide bonds. The summed E-state index contributed by atoms with van der Waals surface area (Å²) in [6, 6.07) is 5.16. The van der Waals surface area contributed by atoms with E-state index in [9.17, 15) is 4.79 Å². The third-order valence-corrected chi connectivity index (χ3v) is 2.43. The number of hydrogen-bond donors (Lipinski definition) is 2. The molecule has 1 aromatic rings. The van der Waals surface area contributed by atoms with Gasteiger partial charge in [0.25, 0.3) is 0 Å². The Hall–Kier alpha value is -1.75. The Morgan fingerprint density at radius 1 is 1.44 bits per heavy atom. The summed E-state index contributed by atoms with van der Waals surface area (Å²) in [6.45, 7) is 3.20. The van der Waals surface area contributed by atoms with Crippen LogP contribution < -0.4 is 15.8 Å². The Bertz CT molecular complexity index is 394. The number of benzene rings is 1. The number of nitrogen functional groups attached to an aromatic ring is 1. The summed E-state index contributed by atoms with van der Waals surface area (Å²) in [7, 11) is 1.57. The van der Waals surface area contributed by atoms with Gasteiger partial charge in [0.2, 0.25) is 5.91 Å². The van der Waals surface area contributed by atoms with E-state index in [0.29, 0.717) is 43.2 Å². The van der Waals surface area contributed by atoms with Crippen molar-refractivity contribution in [2.75, 3.05) is 31.4 Å². The van der Waals surface area contributed by atoms with Crippen LogP contribution in [0.5, 0.6) is 5.75 Å². The Morgan fingerprint density at radius 3 is 2.83 bits per heavy atom. The van der Waals surface area contributed by atoms with Crippen LogP contribution in [0, 0.1) is 0 Å². The second kappa shape index (κ2) is 7.55. The van der Waals surface area contributed by atoms with Gasteiger partial charge in [-0.05, 0) is 25.5 Å². The molecule has 0 atom stereocenters. The fourth-order valence-electron chi connectivity index (χ4n) is 1.47. The molecule has 0 aliphatic heterocycles. The second-order valence-corrected chi connectivity index (χ2v) is 3.80. The topological polar surface area (TPSA) is 73.6 Å². The van der Waals surface area contributed by atoms with Gasteiger partial charge in [0.05, 0.1) is 18.5 Å². The smallest absolute Gasteiger partial charge is 0.224 e. The molecule has 100 valence electrons. The highest BCUT2D eigenvalue weighted by molar-refractivity contribution is 5.93. The van der Waals surface area contributed by atoms with Crippen LogP contribution in [0.2, 0.25) is 0 Å². The van der Waals surface area contributed by atoms with Crippen LogP contribution in [0.25, 0.3) is 0 Å². The van der Waals surface area contributed by atoms with Crippen molar-refractivity contribution in [3.05, 3.63) is 18.2 Å². The summed E-state index contributed by atoms with van der Waals surface area (Å²) in [6.07, 6.45) is 1.13. The highest BCUT2D eigenvalue weighted by Crippen LogP contribution is 2.24. The van der Waals surface area contributed by atoms with Gasteiger partial charge in [0, 0.05) is 25.7 Å². The lowest BCUT2D eigenvalue weighted by atomic mass is 10.2. The first kappa shape index (κ1) is 14.3. The molecule has 0 heterocycles. The molecule has 5 heteroatoms. The van der Waals surface area contributed by atoms with Gasteiger partial charge < -0.3 is 20.5 Å². The molecule has 1 aromatic carbocycles. The van der Waals surface area contributed by atoms with Gasteiger partial charge in [0.15, 0.2) is 0 Å². The zero-order valence-corrected chi connectivity index (χ0v) is 10.9. The average molecular weight is 252 g/mol. The van der Waals surface area contributed by atoms with E-state index in [2.05, 4.69) is 5.32 Å². The lowest BCUT2D eigenvalue weighted by molar-refractivity contribution is -0.116. The molecule has 0 saturated carbocycles. The van der Waals surface area contributed by atoms with Crippen LogP contribution in [0.4, 0.5) is 11.4 Å². The lowest BCUT2D eigenvalue weighted by Crippen LogP contribution is -2.13. The maximum Gasteiger partial charge on any atom is 0.224 e. The number of hydrogen-bond acceptors (Lipinski definition) is 4. The van der Waals surface area contributed by atoms with E-state index in [1.54, 1.807) is 25.3 Å². The summed E-state index contributed by atoms with van der Waals surface area (Å²) in [4.78, 5) is 11.6. The molecule has 0 aromatic heterocycles. The number of nitrogens with one attached hydrogen (secondary N) is 1. The third kappa shape index (κ3) is 4.63. The molecule has 0 fully saturated rings. The minimum atomic E-state index is -0.0634. The Labute approximate surface area is 107 Å². The molecule has 5 nitrogen and oxygen atoms in total. The van der Waals surface area contributed by atoms with E-state index in [0.717, 1.165) is 0 Å². The van der Waals surface area contributed by atoms with Crippen LogP contribution >= 0.6 is 0 Å². The van der Waals surface area contributed by atoms with Gasteiger partial charge in [-0.1, -0.05) is 0 Å². The van der Waals surface area contributed by atoms with Crippen LogP contribution in [-0.2, 0) is 9.53 Å². The normalized spacial score (nSPS) is 10.1. The third-order valence-electron chi connectivity index (χ3n) is 2.43. The van der Waals surface area contributed by atoms with Crippen LogP contribution in [0.3, 0.4) is 0 Å². The fourth-order valence-corrected chi connectivity index (χ4v) is 1.47. The SMILES string of the molecule is CCOCCCC(=O)Nc1ccc(OC)cc1N. The Morgan fingerprint density at radius 2 is 2.22 bits per heavy atom. The fraction of sp³-hybridized carbons (Fsp3) is 0.462. The van der Waals surface area contributed by atoms with Gasteiger partial charge in [-0.25, -0.2) is 0 Å². The van der Waals surface area contributed by atoms with E-state index in [4.69, 9.17) is 15.2 Å². The van der Waals surface area contributed by atoms with Crippen molar-refractivity contribution in [1.82, 2.24) is 0 Å². The van der Waals surface area contributed by atoms with Crippen LogP contribution in [-0.4, -0.2) is 26.2 Å². The van der Waals surface area contributed by atoms with E-state index < -0.39 is 0 Å². The van der Waals surface area contributed by atoms with Gasteiger partial charge in [-0.3, -0.25) is 4.79 Å². The number of rotatable bonds is 7. The van der Waals surface area contributed by atoms with Crippen molar-refractivity contribution in [2.24, 2.45) is 0 Å². The van der Waals surface area contributed by atoms with E-state index >= 15 is 0 Å². The first-order valence-electron chi connectivity index (χ1n) is 5.98. The predicted molar refractivity (Wildman–Crippen MR) is 71.8 cm³/mol. The molecule has 0 aliphatic carbocycles. The molecule has 0 radical (unpaired) electrons. The standard InChI is InChI=1S/C13H20N2O3/c1-3-18-8-4-5-13(16)15-12-7-6-10(17-2)9-11(12)14/h6-7,9H,3-5,8,14H2,1-2H3,(H,15,16). The zero-order valence-electron chi connectivity index (χ0n) is 10.9. The number of anilines is 2. The molecule has 3 N–H and O–H groups in total. The van der Waals surface area contributed by atoms with Crippen molar-refractivity contribution in [3.8, 4) is 5.75 Å². The van der Waals surface area contributed by atoms with Crippen LogP contribution in [0.1, 0.15) is 19.8 Å². The largest absolute Gasteiger partial charge is 0.497 e. The van der Waals surface area contributed by atoms with Crippen molar-refractivity contribution in [3.63, 3.8) is 0 Å². The molecule has 18 heavy (non-hydrogen) atoms. The lowest BCUT2D eigenvalue weighted by Gasteiger charge is -2.09. The Balaban J connectivity index is 2.44. The number of ether oxygens (including phenoxy) is 2. The van der Waals surface area contributed by atoms with E-state index in [1.165, 1.54) is 0 Å². The molecular weight excluding hydrogens is 232 g/mol. The minimum absolute atomic E-state index is 0.0634. The summed E-state index contributed by atoms with van der Waals surface area (Å²) in [5.74, 6) is 0.605. The van der Waals surface area contributed by atoms with Crippen LogP contribution in [0.15, 0.2) is 18.2 Å².